The van der Waals surface area contributed by atoms with Gasteiger partial charge >= 0.3 is 0 Å². The Morgan fingerprint density at radius 1 is 1.12 bits per heavy atom. The van der Waals surface area contributed by atoms with Crippen LogP contribution in [-0.2, 0) is 0 Å². The highest BCUT2D eigenvalue weighted by atomic mass is 32.1. The molecule has 0 atom stereocenters. The van der Waals surface area contributed by atoms with Gasteiger partial charge in [0, 0.05) is 30.9 Å². The van der Waals surface area contributed by atoms with E-state index in [4.69, 9.17) is 17.2 Å². The molecule has 0 amide bonds. The van der Waals surface area contributed by atoms with Crippen LogP contribution in [0.5, 0.6) is 0 Å². The predicted molar refractivity (Wildman–Crippen MR) is 104 cm³/mol. The average molecular weight is 348 g/mol. The van der Waals surface area contributed by atoms with Gasteiger partial charge in [-0.3, -0.25) is 0 Å². The maximum atomic E-state index is 5.46. The van der Waals surface area contributed by atoms with E-state index >= 15 is 0 Å². The number of aromatic nitrogens is 2. The molecule has 132 valence electrons. The number of hydrogen-bond acceptors (Lipinski definition) is 4. The molecule has 1 aromatic heterocycles. The third-order valence-corrected chi connectivity index (χ3v) is 5.33. The van der Waals surface area contributed by atoms with Gasteiger partial charge in [0.1, 0.15) is 5.82 Å². The molecule has 1 saturated carbocycles. The highest BCUT2D eigenvalue weighted by Crippen LogP contribution is 2.23. The molecule has 0 bridgehead atoms. The van der Waals surface area contributed by atoms with Gasteiger partial charge in [-0.25, -0.2) is 4.98 Å². The van der Waals surface area contributed by atoms with E-state index in [1.54, 1.807) is 0 Å². The Labute approximate surface area is 150 Å². The van der Waals surface area contributed by atoms with E-state index in [1.807, 2.05) is 6.92 Å². The van der Waals surface area contributed by atoms with E-state index in [-0.39, 0.29) is 0 Å². The summed E-state index contributed by atoms with van der Waals surface area (Å²) in [4.78, 5) is 11.6. The van der Waals surface area contributed by atoms with E-state index in [0.717, 1.165) is 30.5 Å². The number of aryl methyl sites for hydroxylation is 1. The highest BCUT2D eigenvalue weighted by molar-refractivity contribution is 7.80. The fourth-order valence-electron chi connectivity index (χ4n) is 3.58. The zero-order chi connectivity index (χ0) is 16.9. The van der Waals surface area contributed by atoms with Crippen LogP contribution in [0.3, 0.4) is 0 Å². The van der Waals surface area contributed by atoms with Gasteiger partial charge in [-0.15, -0.1) is 0 Å². The molecule has 5 nitrogen and oxygen atoms in total. The standard InChI is InChI=1S/C18H29N5S/c1-13-8-10-23(11-9-13)16-12-14(2)19-17(21-16)22-18(24)20-15-6-4-3-5-7-15/h12-13,15H,3-11H2,1-2H3,(H2,19,20,21,22,24). The molecule has 6 heteroatoms. The lowest BCUT2D eigenvalue weighted by molar-refractivity contribution is 0.414. The number of nitrogens with zero attached hydrogens (tertiary/aromatic N) is 3. The second-order valence-corrected chi connectivity index (χ2v) is 7.70. The van der Waals surface area contributed by atoms with Crippen LogP contribution in [0.1, 0.15) is 57.6 Å². The van der Waals surface area contributed by atoms with Gasteiger partial charge in [0.25, 0.3) is 0 Å². The summed E-state index contributed by atoms with van der Waals surface area (Å²) < 4.78 is 0. The molecule has 3 rings (SSSR count). The second-order valence-electron chi connectivity index (χ2n) is 7.29. The molecule has 2 N–H and O–H groups in total. The zero-order valence-corrected chi connectivity index (χ0v) is 15.7. The van der Waals surface area contributed by atoms with Crippen molar-refractivity contribution in [3.8, 4) is 0 Å². The lowest BCUT2D eigenvalue weighted by atomic mass is 9.96. The second kappa shape index (κ2) is 8.10. The molecule has 2 fully saturated rings. The molecule has 1 aliphatic carbocycles. The summed E-state index contributed by atoms with van der Waals surface area (Å²) in [5.41, 5.74) is 0.974. The Morgan fingerprint density at radius 2 is 1.83 bits per heavy atom. The van der Waals surface area contributed by atoms with E-state index < -0.39 is 0 Å². The van der Waals surface area contributed by atoms with Gasteiger partial charge in [0.15, 0.2) is 5.11 Å². The van der Waals surface area contributed by atoms with Crippen molar-refractivity contribution in [2.75, 3.05) is 23.3 Å². The van der Waals surface area contributed by atoms with E-state index in [0.29, 0.717) is 17.1 Å². The highest BCUT2D eigenvalue weighted by Gasteiger charge is 2.19. The number of rotatable bonds is 3. The first-order valence-corrected chi connectivity index (χ1v) is 9.69. The molecule has 2 heterocycles. The summed E-state index contributed by atoms with van der Waals surface area (Å²) in [7, 11) is 0. The average Bonchev–Trinajstić information content (AvgIpc) is 2.55. The van der Waals surface area contributed by atoms with Crippen LogP contribution in [-0.4, -0.2) is 34.2 Å². The molecule has 1 aromatic rings. The van der Waals surface area contributed by atoms with Crippen molar-refractivity contribution < 1.29 is 0 Å². The van der Waals surface area contributed by atoms with Gasteiger partial charge in [0.2, 0.25) is 5.95 Å². The smallest absolute Gasteiger partial charge is 0.231 e. The lowest BCUT2D eigenvalue weighted by Gasteiger charge is -2.31. The van der Waals surface area contributed by atoms with Crippen molar-refractivity contribution in [1.29, 1.82) is 0 Å². The monoisotopic (exact) mass is 347 g/mol. The first kappa shape index (κ1) is 17.4. The van der Waals surface area contributed by atoms with Crippen LogP contribution in [0.15, 0.2) is 6.07 Å². The Kier molecular flexibility index (Phi) is 5.87. The van der Waals surface area contributed by atoms with Crippen LogP contribution < -0.4 is 15.5 Å². The van der Waals surface area contributed by atoms with Gasteiger partial charge in [-0.05, 0) is 50.7 Å². The molecule has 1 saturated heterocycles. The Hall–Kier alpha value is -1.43. The summed E-state index contributed by atoms with van der Waals surface area (Å²) in [5, 5.41) is 7.25. The molecular weight excluding hydrogens is 318 g/mol. The van der Waals surface area contributed by atoms with E-state index in [2.05, 4.69) is 33.5 Å². The third-order valence-electron chi connectivity index (χ3n) is 5.11. The van der Waals surface area contributed by atoms with Crippen LogP contribution in [0.2, 0.25) is 0 Å². The van der Waals surface area contributed by atoms with Crippen molar-refractivity contribution in [1.82, 2.24) is 15.3 Å². The van der Waals surface area contributed by atoms with Gasteiger partial charge in [-0.2, -0.15) is 4.98 Å². The fourth-order valence-corrected chi connectivity index (χ4v) is 3.84. The van der Waals surface area contributed by atoms with Crippen LogP contribution in [0.25, 0.3) is 0 Å². The van der Waals surface area contributed by atoms with Gasteiger partial charge in [0.05, 0.1) is 0 Å². The first-order valence-electron chi connectivity index (χ1n) is 9.28. The Bertz CT molecular complexity index is 563. The molecular formula is C18H29N5S. The predicted octanol–water partition coefficient (Wildman–Crippen LogP) is 3.64. The number of thiocarbonyl (C=S) groups is 1. The van der Waals surface area contributed by atoms with Crippen molar-refractivity contribution in [2.24, 2.45) is 5.92 Å². The van der Waals surface area contributed by atoms with Gasteiger partial charge in [-0.1, -0.05) is 26.2 Å². The van der Waals surface area contributed by atoms with Crippen molar-refractivity contribution in [2.45, 2.75) is 64.8 Å². The lowest BCUT2D eigenvalue weighted by Crippen LogP contribution is -2.39. The number of hydrogen-bond donors (Lipinski definition) is 2. The molecule has 1 aliphatic heterocycles. The molecule has 0 unspecified atom stereocenters. The number of nitrogens with one attached hydrogen (secondary N) is 2. The Morgan fingerprint density at radius 3 is 2.54 bits per heavy atom. The van der Waals surface area contributed by atoms with Gasteiger partial charge < -0.3 is 15.5 Å². The van der Waals surface area contributed by atoms with Crippen molar-refractivity contribution >= 4 is 29.1 Å². The molecule has 0 aromatic carbocycles. The molecule has 0 radical (unpaired) electrons. The Balaban J connectivity index is 1.61. The molecule has 0 spiro atoms. The zero-order valence-electron chi connectivity index (χ0n) is 14.8. The van der Waals surface area contributed by atoms with E-state index in [9.17, 15) is 0 Å². The molecule has 24 heavy (non-hydrogen) atoms. The minimum Gasteiger partial charge on any atom is -0.360 e. The summed E-state index contributed by atoms with van der Waals surface area (Å²) in [5.74, 6) is 2.43. The summed E-state index contributed by atoms with van der Waals surface area (Å²) in [6, 6.07) is 2.56. The minimum absolute atomic E-state index is 0.492. The first-order chi connectivity index (χ1) is 11.6. The summed E-state index contributed by atoms with van der Waals surface area (Å²) in [6.45, 7) is 6.48. The number of piperidine rings is 1. The quantitative estimate of drug-likeness (QED) is 0.814. The maximum Gasteiger partial charge on any atom is 0.231 e. The van der Waals surface area contributed by atoms with E-state index in [1.165, 1.54) is 44.9 Å². The molecule has 2 aliphatic rings. The fraction of sp³-hybridized carbons (Fsp3) is 0.722. The van der Waals surface area contributed by atoms with Crippen LogP contribution >= 0.6 is 12.2 Å². The summed E-state index contributed by atoms with van der Waals surface area (Å²) >= 11 is 5.46. The van der Waals surface area contributed by atoms with Crippen molar-refractivity contribution in [3.05, 3.63) is 11.8 Å². The summed E-state index contributed by atoms with van der Waals surface area (Å²) in [6.07, 6.45) is 8.79. The SMILES string of the molecule is Cc1cc(N2CCC(C)CC2)nc(NC(=S)NC2CCCCC2)n1. The normalized spacial score (nSPS) is 20.0. The number of anilines is 2. The van der Waals surface area contributed by atoms with Crippen LogP contribution in [0.4, 0.5) is 11.8 Å². The third kappa shape index (κ3) is 4.79. The minimum atomic E-state index is 0.492. The maximum absolute atomic E-state index is 5.46. The van der Waals surface area contributed by atoms with Crippen molar-refractivity contribution in [3.63, 3.8) is 0 Å². The van der Waals surface area contributed by atoms with Crippen LogP contribution in [0, 0.1) is 12.8 Å². The largest absolute Gasteiger partial charge is 0.360 e. The topological polar surface area (TPSA) is 53.1 Å².